The Morgan fingerprint density at radius 2 is 1.10 bits per heavy atom. The van der Waals surface area contributed by atoms with Crippen LogP contribution in [-0.2, 0) is 5.41 Å². The molecule has 30 heavy (non-hydrogen) atoms. The maximum absolute atomic E-state index is 3.48. The minimum absolute atomic E-state index is 0.000608. The molecule has 4 rings (SSSR count). The fraction of sp³-hybridized carbons (Fsp3) is 0.133. The van der Waals surface area contributed by atoms with Gasteiger partial charge in [0.25, 0.3) is 0 Å². The first-order chi connectivity index (χ1) is 14.5. The number of fused-ring (bicyclic) bond motifs is 1. The Kier molecular flexibility index (Phi) is 5.43. The Morgan fingerprint density at radius 1 is 0.500 bits per heavy atom. The summed E-state index contributed by atoms with van der Waals surface area (Å²) in [6.45, 7) is 6.71. The third-order valence-electron chi connectivity index (χ3n) is 5.09. The van der Waals surface area contributed by atoms with Crippen molar-refractivity contribution < 1.29 is 0 Å². The largest absolute Gasteiger partial charge is 0.0622 e. The van der Waals surface area contributed by atoms with Gasteiger partial charge in [0.1, 0.15) is 0 Å². The molecule has 0 saturated carbocycles. The second-order valence-corrected chi connectivity index (χ2v) is 8.37. The van der Waals surface area contributed by atoms with Crippen molar-refractivity contribution in [2.45, 2.75) is 26.2 Å². The normalized spacial score (nSPS) is 10.6. The molecule has 0 aliphatic rings. The highest BCUT2D eigenvalue weighted by molar-refractivity contribution is 5.94. The van der Waals surface area contributed by atoms with Gasteiger partial charge in [-0.3, -0.25) is 0 Å². The van der Waals surface area contributed by atoms with Crippen LogP contribution in [0.2, 0.25) is 0 Å². The maximum Gasteiger partial charge on any atom is 0.0365 e. The van der Waals surface area contributed by atoms with Crippen LogP contribution < -0.4 is 0 Å². The van der Waals surface area contributed by atoms with Gasteiger partial charge in [-0.2, -0.15) is 0 Å². The van der Waals surface area contributed by atoms with Gasteiger partial charge in [-0.15, -0.1) is 0 Å². The molecule has 0 fully saturated rings. The lowest BCUT2D eigenvalue weighted by atomic mass is 9.81. The van der Waals surface area contributed by atoms with Crippen LogP contribution in [0, 0.1) is 23.7 Å². The summed E-state index contributed by atoms with van der Waals surface area (Å²) in [5, 5.41) is 2.30. The molecule has 0 aliphatic heterocycles. The molecule has 0 amide bonds. The fourth-order valence-electron chi connectivity index (χ4n) is 3.54. The summed E-state index contributed by atoms with van der Waals surface area (Å²) >= 11 is 0. The van der Waals surface area contributed by atoms with Gasteiger partial charge in [0.2, 0.25) is 0 Å². The predicted molar refractivity (Wildman–Crippen MR) is 127 cm³/mol. The van der Waals surface area contributed by atoms with Crippen LogP contribution in [-0.4, -0.2) is 0 Å². The molecule has 0 unspecified atom stereocenters. The molecule has 0 spiro atoms. The molecule has 0 saturated heterocycles. The van der Waals surface area contributed by atoms with Crippen molar-refractivity contribution in [3.63, 3.8) is 0 Å². The van der Waals surface area contributed by atoms with E-state index < -0.39 is 0 Å². The van der Waals surface area contributed by atoms with E-state index in [0.29, 0.717) is 0 Å². The zero-order chi connectivity index (χ0) is 21.0. The number of hydrogen-bond donors (Lipinski definition) is 0. The van der Waals surface area contributed by atoms with Crippen molar-refractivity contribution in [2.75, 3.05) is 0 Å². The SMILES string of the molecule is CC(C)(C)c1ccc2c(C#Cc3ccccc3)cccc2c1C#Cc1ccccc1. The molecule has 0 bridgehead atoms. The minimum atomic E-state index is 0.000608. The summed E-state index contributed by atoms with van der Waals surface area (Å²) in [6.07, 6.45) is 0. The number of rotatable bonds is 0. The summed E-state index contributed by atoms with van der Waals surface area (Å²) in [7, 11) is 0. The van der Waals surface area contributed by atoms with E-state index in [4.69, 9.17) is 0 Å². The lowest BCUT2D eigenvalue weighted by molar-refractivity contribution is 0.589. The Morgan fingerprint density at radius 3 is 1.70 bits per heavy atom. The van der Waals surface area contributed by atoms with E-state index in [-0.39, 0.29) is 5.41 Å². The first-order valence-electron chi connectivity index (χ1n) is 10.2. The van der Waals surface area contributed by atoms with Gasteiger partial charge in [0.05, 0.1) is 0 Å². The summed E-state index contributed by atoms with van der Waals surface area (Å²) in [5.41, 5.74) is 5.42. The van der Waals surface area contributed by atoms with Gasteiger partial charge in [0.15, 0.2) is 0 Å². The van der Waals surface area contributed by atoms with Gasteiger partial charge in [-0.25, -0.2) is 0 Å². The smallest absolute Gasteiger partial charge is 0.0365 e. The zero-order valence-corrected chi connectivity index (χ0v) is 17.7. The second kappa shape index (κ2) is 8.32. The fourth-order valence-corrected chi connectivity index (χ4v) is 3.54. The molecule has 0 N–H and O–H groups in total. The van der Waals surface area contributed by atoms with Crippen LogP contribution in [0.15, 0.2) is 91.0 Å². The molecule has 0 heterocycles. The first-order valence-corrected chi connectivity index (χ1v) is 10.2. The van der Waals surface area contributed by atoms with E-state index in [0.717, 1.165) is 33.0 Å². The Labute approximate surface area is 179 Å². The van der Waals surface area contributed by atoms with Crippen molar-refractivity contribution >= 4 is 10.8 Å². The highest BCUT2D eigenvalue weighted by Gasteiger charge is 2.19. The number of hydrogen-bond acceptors (Lipinski definition) is 0. The summed E-state index contributed by atoms with van der Waals surface area (Å²) < 4.78 is 0. The van der Waals surface area contributed by atoms with Gasteiger partial charge >= 0.3 is 0 Å². The predicted octanol–water partition coefficient (Wildman–Crippen LogP) is 6.94. The molecule has 4 aromatic rings. The van der Waals surface area contributed by atoms with Crippen molar-refractivity contribution in [1.29, 1.82) is 0 Å². The van der Waals surface area contributed by atoms with E-state index in [2.05, 4.69) is 74.8 Å². The third kappa shape index (κ3) is 4.30. The highest BCUT2D eigenvalue weighted by atomic mass is 14.2. The van der Waals surface area contributed by atoms with Gasteiger partial charge in [-0.1, -0.05) is 105 Å². The summed E-state index contributed by atoms with van der Waals surface area (Å²) in [6, 6.07) is 31.0. The number of benzene rings is 4. The van der Waals surface area contributed by atoms with E-state index in [1.807, 2.05) is 60.7 Å². The average Bonchev–Trinajstić information content (AvgIpc) is 2.76. The van der Waals surface area contributed by atoms with Crippen LogP contribution >= 0.6 is 0 Å². The molecule has 144 valence electrons. The molecule has 0 nitrogen and oxygen atoms in total. The molecular formula is C30H24. The molecule has 0 atom stereocenters. The minimum Gasteiger partial charge on any atom is -0.0622 e. The third-order valence-corrected chi connectivity index (χ3v) is 5.09. The van der Waals surface area contributed by atoms with Gasteiger partial charge in [-0.05, 0) is 52.1 Å². The van der Waals surface area contributed by atoms with Crippen LogP contribution in [0.4, 0.5) is 0 Å². The van der Waals surface area contributed by atoms with E-state index >= 15 is 0 Å². The van der Waals surface area contributed by atoms with Gasteiger partial charge in [0, 0.05) is 22.3 Å². The van der Waals surface area contributed by atoms with Crippen LogP contribution in [0.5, 0.6) is 0 Å². The summed E-state index contributed by atoms with van der Waals surface area (Å²) in [4.78, 5) is 0. The Bertz CT molecular complexity index is 1300. The van der Waals surface area contributed by atoms with E-state index in [9.17, 15) is 0 Å². The Hall–Kier alpha value is -3.74. The average molecular weight is 385 g/mol. The van der Waals surface area contributed by atoms with Crippen LogP contribution in [0.25, 0.3) is 10.8 Å². The topological polar surface area (TPSA) is 0 Å². The molecule has 0 aromatic heterocycles. The van der Waals surface area contributed by atoms with E-state index in [1.165, 1.54) is 5.56 Å². The highest BCUT2D eigenvalue weighted by Crippen LogP contribution is 2.32. The molecule has 0 radical (unpaired) electrons. The van der Waals surface area contributed by atoms with Crippen molar-refractivity contribution in [3.05, 3.63) is 119 Å². The van der Waals surface area contributed by atoms with Crippen molar-refractivity contribution in [3.8, 4) is 23.7 Å². The first kappa shape index (κ1) is 19.6. The lowest BCUT2D eigenvalue weighted by Gasteiger charge is -2.22. The quantitative estimate of drug-likeness (QED) is 0.288. The van der Waals surface area contributed by atoms with E-state index in [1.54, 1.807) is 0 Å². The summed E-state index contributed by atoms with van der Waals surface area (Å²) in [5.74, 6) is 13.5. The monoisotopic (exact) mass is 384 g/mol. The zero-order valence-electron chi connectivity index (χ0n) is 17.7. The molecule has 0 heteroatoms. The lowest BCUT2D eigenvalue weighted by Crippen LogP contribution is -2.13. The molecule has 0 aliphatic carbocycles. The maximum atomic E-state index is 3.48. The van der Waals surface area contributed by atoms with Crippen LogP contribution in [0.3, 0.4) is 0 Å². The van der Waals surface area contributed by atoms with Crippen molar-refractivity contribution in [1.82, 2.24) is 0 Å². The Balaban J connectivity index is 1.90. The molecule has 4 aromatic carbocycles. The van der Waals surface area contributed by atoms with Gasteiger partial charge < -0.3 is 0 Å². The standard InChI is InChI=1S/C30H24/c1-30(2,3)29-22-21-26-25(19-17-23-11-6-4-7-12-23)15-10-16-27(26)28(29)20-18-24-13-8-5-9-14-24/h4-16,21-22H,1-3H3. The second-order valence-electron chi connectivity index (χ2n) is 8.37. The molecular weight excluding hydrogens is 360 g/mol. The van der Waals surface area contributed by atoms with Crippen molar-refractivity contribution in [2.24, 2.45) is 0 Å². The van der Waals surface area contributed by atoms with Crippen LogP contribution in [0.1, 0.15) is 48.6 Å².